The average Bonchev–Trinajstić information content (AvgIpc) is 3.05. The van der Waals surface area contributed by atoms with Gasteiger partial charge in [0, 0.05) is 29.6 Å². The lowest BCUT2D eigenvalue weighted by Gasteiger charge is -2.15. The minimum atomic E-state index is 0.0915. The number of anilines is 2. The van der Waals surface area contributed by atoms with E-state index in [1.165, 1.54) is 0 Å². The van der Waals surface area contributed by atoms with E-state index < -0.39 is 0 Å². The fraction of sp³-hybridized carbons (Fsp3) is 0.444. The van der Waals surface area contributed by atoms with Crippen molar-refractivity contribution in [2.45, 2.75) is 39.5 Å². The lowest BCUT2D eigenvalue weighted by molar-refractivity contribution is -0.120. The first-order valence-electron chi connectivity index (χ1n) is 8.22. The van der Waals surface area contributed by atoms with E-state index in [0.29, 0.717) is 0 Å². The Hall–Kier alpha value is -1.88. The van der Waals surface area contributed by atoms with Gasteiger partial charge in [-0.2, -0.15) is 0 Å². The summed E-state index contributed by atoms with van der Waals surface area (Å²) >= 11 is 1.57. The first-order chi connectivity index (χ1) is 11.2. The van der Waals surface area contributed by atoms with Crippen molar-refractivity contribution in [2.24, 2.45) is 5.92 Å². The normalized spacial score (nSPS) is 12.0. The minimum Gasteiger partial charge on any atom is -0.365 e. The second-order valence-electron chi connectivity index (χ2n) is 5.61. The number of hydrogen-bond donors (Lipinski definition) is 2. The first-order valence-corrected chi connectivity index (χ1v) is 9.10. The summed E-state index contributed by atoms with van der Waals surface area (Å²) in [4.78, 5) is 16.9. The summed E-state index contributed by atoms with van der Waals surface area (Å²) in [7, 11) is 1.86. The molecular formula is C18H25N3OS. The van der Waals surface area contributed by atoms with Gasteiger partial charge in [-0.25, -0.2) is 4.98 Å². The number of hydrogen-bond acceptors (Lipinski definition) is 4. The lowest BCUT2D eigenvalue weighted by atomic mass is 9.98. The molecule has 0 aliphatic heterocycles. The molecule has 1 unspecified atom stereocenters. The van der Waals surface area contributed by atoms with Gasteiger partial charge in [0.2, 0.25) is 5.91 Å². The third-order valence-corrected chi connectivity index (χ3v) is 4.77. The molecular weight excluding hydrogens is 306 g/mol. The molecule has 0 radical (unpaired) electrons. The molecule has 124 valence electrons. The number of carbonyl (C=O) groups is 1. The molecule has 0 spiro atoms. The molecule has 2 aromatic rings. The average molecular weight is 331 g/mol. The van der Waals surface area contributed by atoms with Crippen LogP contribution in [0, 0.1) is 5.92 Å². The van der Waals surface area contributed by atoms with Gasteiger partial charge in [0.25, 0.3) is 0 Å². The van der Waals surface area contributed by atoms with Gasteiger partial charge >= 0.3 is 0 Å². The third-order valence-electron chi connectivity index (χ3n) is 3.91. The summed E-state index contributed by atoms with van der Waals surface area (Å²) in [5.74, 6) is 0.209. The number of carbonyl (C=O) groups excluding carboxylic acids is 1. The van der Waals surface area contributed by atoms with E-state index in [-0.39, 0.29) is 11.8 Å². The molecule has 1 heterocycles. The van der Waals surface area contributed by atoms with Crippen molar-refractivity contribution < 1.29 is 4.79 Å². The van der Waals surface area contributed by atoms with Crippen molar-refractivity contribution in [1.29, 1.82) is 0 Å². The zero-order chi connectivity index (χ0) is 16.7. The molecule has 2 rings (SSSR count). The van der Waals surface area contributed by atoms with Crippen LogP contribution in [0.2, 0.25) is 0 Å². The summed E-state index contributed by atoms with van der Waals surface area (Å²) in [6.45, 7) is 4.23. The quantitative estimate of drug-likeness (QED) is 0.715. The Morgan fingerprint density at radius 3 is 2.83 bits per heavy atom. The highest BCUT2D eigenvalue weighted by atomic mass is 32.1. The Balaban J connectivity index is 2.08. The van der Waals surface area contributed by atoms with Gasteiger partial charge in [0.05, 0.1) is 5.69 Å². The van der Waals surface area contributed by atoms with Gasteiger partial charge in [-0.05, 0) is 25.0 Å². The molecule has 1 aromatic heterocycles. The van der Waals surface area contributed by atoms with Crippen molar-refractivity contribution in [3.8, 4) is 11.3 Å². The Morgan fingerprint density at radius 2 is 2.17 bits per heavy atom. The van der Waals surface area contributed by atoms with Crippen LogP contribution in [-0.2, 0) is 4.79 Å². The smallest absolute Gasteiger partial charge is 0.227 e. The van der Waals surface area contributed by atoms with E-state index in [4.69, 9.17) is 0 Å². The lowest BCUT2D eigenvalue weighted by Crippen LogP contribution is -2.22. The third kappa shape index (κ3) is 4.79. The van der Waals surface area contributed by atoms with E-state index in [9.17, 15) is 4.79 Å². The van der Waals surface area contributed by atoms with Crippen LogP contribution in [-0.4, -0.2) is 17.9 Å². The fourth-order valence-electron chi connectivity index (χ4n) is 2.49. The molecule has 0 fully saturated rings. The van der Waals surface area contributed by atoms with Crippen molar-refractivity contribution in [1.82, 2.24) is 4.98 Å². The zero-order valence-electron chi connectivity index (χ0n) is 14.1. The van der Waals surface area contributed by atoms with Crippen LogP contribution in [0.3, 0.4) is 0 Å². The summed E-state index contributed by atoms with van der Waals surface area (Å²) in [6, 6.07) is 7.88. The van der Waals surface area contributed by atoms with E-state index in [0.717, 1.165) is 47.8 Å². The molecule has 23 heavy (non-hydrogen) atoms. The maximum atomic E-state index is 12.4. The summed E-state index contributed by atoms with van der Waals surface area (Å²) in [6.07, 6.45) is 4.05. The Bertz CT molecular complexity index is 639. The van der Waals surface area contributed by atoms with Crippen molar-refractivity contribution in [3.05, 3.63) is 29.6 Å². The van der Waals surface area contributed by atoms with Crippen LogP contribution < -0.4 is 10.6 Å². The van der Waals surface area contributed by atoms with E-state index in [2.05, 4.69) is 29.5 Å². The number of nitrogens with zero attached hydrogens (tertiary/aromatic N) is 1. The first kappa shape index (κ1) is 17.5. The SMILES string of the molecule is CCCCC(CC)C(=O)Nc1cccc(-c2csc(NC)n2)c1. The minimum absolute atomic E-state index is 0.0915. The zero-order valence-corrected chi connectivity index (χ0v) is 14.9. The van der Waals surface area contributed by atoms with Crippen molar-refractivity contribution in [3.63, 3.8) is 0 Å². The predicted octanol–water partition coefficient (Wildman–Crippen LogP) is 5.01. The second kappa shape index (κ2) is 8.67. The predicted molar refractivity (Wildman–Crippen MR) is 99.0 cm³/mol. The van der Waals surface area contributed by atoms with Gasteiger partial charge in [0.1, 0.15) is 0 Å². The topological polar surface area (TPSA) is 54.0 Å². The maximum absolute atomic E-state index is 12.4. The van der Waals surface area contributed by atoms with Crippen molar-refractivity contribution >= 4 is 28.1 Å². The van der Waals surface area contributed by atoms with Gasteiger partial charge in [-0.3, -0.25) is 4.79 Å². The maximum Gasteiger partial charge on any atom is 0.227 e. The monoisotopic (exact) mass is 331 g/mol. The summed E-state index contributed by atoms with van der Waals surface area (Å²) in [5.41, 5.74) is 2.78. The van der Waals surface area contributed by atoms with Gasteiger partial charge < -0.3 is 10.6 Å². The van der Waals surface area contributed by atoms with Crippen LogP contribution in [0.5, 0.6) is 0 Å². The number of thiazole rings is 1. The number of rotatable bonds is 8. The number of unbranched alkanes of at least 4 members (excludes halogenated alkanes) is 1. The van der Waals surface area contributed by atoms with E-state index in [1.807, 2.05) is 36.7 Å². The van der Waals surface area contributed by atoms with Gasteiger partial charge in [0.15, 0.2) is 5.13 Å². The molecule has 5 heteroatoms. The molecule has 4 nitrogen and oxygen atoms in total. The summed E-state index contributed by atoms with van der Waals surface area (Å²) in [5, 5.41) is 9.00. The van der Waals surface area contributed by atoms with E-state index in [1.54, 1.807) is 11.3 Å². The fourth-order valence-corrected chi connectivity index (χ4v) is 3.17. The Morgan fingerprint density at radius 1 is 1.35 bits per heavy atom. The largest absolute Gasteiger partial charge is 0.365 e. The Labute approximate surface area is 142 Å². The molecule has 0 aliphatic rings. The van der Waals surface area contributed by atoms with Gasteiger partial charge in [-0.15, -0.1) is 11.3 Å². The molecule has 1 aromatic carbocycles. The number of nitrogens with one attached hydrogen (secondary N) is 2. The van der Waals surface area contributed by atoms with Crippen LogP contribution >= 0.6 is 11.3 Å². The molecule has 1 atom stereocenters. The molecule has 0 aliphatic carbocycles. The number of amides is 1. The molecule has 0 saturated heterocycles. The van der Waals surface area contributed by atoms with Crippen LogP contribution in [0.15, 0.2) is 29.6 Å². The highest BCUT2D eigenvalue weighted by Crippen LogP contribution is 2.27. The van der Waals surface area contributed by atoms with Crippen LogP contribution in [0.25, 0.3) is 11.3 Å². The molecule has 2 N–H and O–H groups in total. The standard InChI is InChI=1S/C18H25N3OS/c1-4-6-8-13(5-2)17(22)20-15-10-7-9-14(11-15)16-12-23-18(19-3)21-16/h7,9-13H,4-6,8H2,1-3H3,(H,19,21)(H,20,22). The number of benzene rings is 1. The van der Waals surface area contributed by atoms with Crippen LogP contribution in [0.4, 0.5) is 10.8 Å². The number of aromatic nitrogens is 1. The molecule has 1 amide bonds. The highest BCUT2D eigenvalue weighted by Gasteiger charge is 2.16. The van der Waals surface area contributed by atoms with E-state index >= 15 is 0 Å². The summed E-state index contributed by atoms with van der Waals surface area (Å²) < 4.78 is 0. The highest BCUT2D eigenvalue weighted by molar-refractivity contribution is 7.14. The second-order valence-corrected chi connectivity index (χ2v) is 6.46. The Kier molecular flexibility index (Phi) is 6.59. The van der Waals surface area contributed by atoms with Crippen LogP contribution in [0.1, 0.15) is 39.5 Å². The van der Waals surface area contributed by atoms with Gasteiger partial charge in [-0.1, -0.05) is 38.8 Å². The molecule has 0 bridgehead atoms. The van der Waals surface area contributed by atoms with Crippen molar-refractivity contribution in [2.75, 3.05) is 17.7 Å². The molecule has 0 saturated carbocycles.